The van der Waals surface area contributed by atoms with E-state index in [2.05, 4.69) is 15.6 Å². The fourth-order valence-corrected chi connectivity index (χ4v) is 4.18. The Balaban J connectivity index is 1.55. The first-order valence-corrected chi connectivity index (χ1v) is 12.4. The first kappa shape index (κ1) is 26.8. The van der Waals surface area contributed by atoms with E-state index in [4.69, 9.17) is 4.74 Å². The summed E-state index contributed by atoms with van der Waals surface area (Å²) in [6, 6.07) is 12.9. The van der Waals surface area contributed by atoms with E-state index < -0.39 is 29.9 Å². The normalized spacial score (nSPS) is 17.9. The van der Waals surface area contributed by atoms with E-state index in [1.807, 2.05) is 19.1 Å². The molecule has 3 rings (SSSR count). The molecule has 1 aromatic heterocycles. The molecule has 1 aromatic carbocycles. The molecule has 1 heterocycles. The average Bonchev–Trinajstić information content (AvgIpc) is 3.37. The van der Waals surface area contributed by atoms with Crippen molar-refractivity contribution < 1.29 is 23.9 Å². The number of nitrogens with zero attached hydrogens (tertiary/aromatic N) is 1. The summed E-state index contributed by atoms with van der Waals surface area (Å²) >= 11 is 0. The molecule has 1 fully saturated rings. The van der Waals surface area contributed by atoms with Crippen LogP contribution in [0.15, 0.2) is 60.8 Å². The van der Waals surface area contributed by atoms with Gasteiger partial charge in [0.25, 0.3) is 0 Å². The number of rotatable bonds is 12. The maximum atomic E-state index is 13.1. The molecule has 2 amide bonds. The predicted octanol–water partition coefficient (Wildman–Crippen LogP) is 3.48. The topological polar surface area (TPSA) is 114 Å². The highest BCUT2D eigenvalue weighted by atomic mass is 16.5. The highest BCUT2D eigenvalue weighted by Crippen LogP contribution is 2.27. The Morgan fingerprint density at radius 1 is 1.08 bits per heavy atom. The monoisotopic (exact) mass is 491 g/mol. The molecule has 0 unspecified atom stereocenters. The van der Waals surface area contributed by atoms with Gasteiger partial charge >= 0.3 is 5.97 Å². The summed E-state index contributed by atoms with van der Waals surface area (Å²) in [6.45, 7) is 1.68. The van der Waals surface area contributed by atoms with Gasteiger partial charge < -0.3 is 15.4 Å². The SMILES string of the molecule is CCCC[C@H](NC(=O)/C=C/c1ccccn1)C(=O)N[C@H]1CCC[C@H]1C(=O)OCC(=O)c1ccccc1. The molecule has 0 aliphatic heterocycles. The third kappa shape index (κ3) is 8.15. The Hall–Kier alpha value is -3.81. The fraction of sp³-hybridized carbons (Fsp3) is 0.393. The second-order valence-corrected chi connectivity index (χ2v) is 8.84. The van der Waals surface area contributed by atoms with Crippen LogP contribution in [-0.2, 0) is 19.1 Å². The molecule has 190 valence electrons. The van der Waals surface area contributed by atoms with Crippen molar-refractivity contribution in [1.29, 1.82) is 0 Å². The van der Waals surface area contributed by atoms with Gasteiger partial charge in [-0.3, -0.25) is 24.2 Å². The van der Waals surface area contributed by atoms with Crippen LogP contribution < -0.4 is 10.6 Å². The summed E-state index contributed by atoms with van der Waals surface area (Å²) in [5.41, 5.74) is 1.12. The lowest BCUT2D eigenvalue weighted by Crippen LogP contribution is -2.51. The number of pyridine rings is 1. The van der Waals surface area contributed by atoms with Crippen LogP contribution in [0.3, 0.4) is 0 Å². The standard InChI is InChI=1S/C28H33N3O5/c1-2-3-14-24(30-26(33)17-16-21-12-7-8-18-29-21)27(34)31-23-15-9-13-22(23)28(35)36-19-25(32)20-10-5-4-6-11-20/h4-8,10-12,16-18,22-24H,2-3,9,13-15,19H2,1H3,(H,30,33)(H,31,34)/b17-16+/t22-,23+,24+/m1/s1. The lowest BCUT2D eigenvalue weighted by molar-refractivity contribution is -0.148. The van der Waals surface area contributed by atoms with E-state index >= 15 is 0 Å². The number of ketones is 1. The van der Waals surface area contributed by atoms with Crippen LogP contribution in [0.4, 0.5) is 0 Å². The Labute approximate surface area is 211 Å². The Kier molecular flexibility index (Phi) is 10.4. The first-order chi connectivity index (χ1) is 17.5. The lowest BCUT2D eigenvalue weighted by atomic mass is 10.0. The van der Waals surface area contributed by atoms with Crippen molar-refractivity contribution in [2.75, 3.05) is 6.61 Å². The minimum Gasteiger partial charge on any atom is -0.457 e. The van der Waals surface area contributed by atoms with Crippen LogP contribution in [0.5, 0.6) is 0 Å². The van der Waals surface area contributed by atoms with Gasteiger partial charge in [-0.15, -0.1) is 0 Å². The van der Waals surface area contributed by atoms with Gasteiger partial charge in [0.15, 0.2) is 12.4 Å². The van der Waals surface area contributed by atoms with Gasteiger partial charge in [0.05, 0.1) is 11.6 Å². The van der Waals surface area contributed by atoms with E-state index in [0.29, 0.717) is 30.5 Å². The van der Waals surface area contributed by atoms with Crippen molar-refractivity contribution >= 4 is 29.6 Å². The Morgan fingerprint density at radius 3 is 2.58 bits per heavy atom. The molecule has 1 aliphatic carbocycles. The molecule has 0 spiro atoms. The predicted molar refractivity (Wildman–Crippen MR) is 136 cm³/mol. The number of esters is 1. The summed E-state index contributed by atoms with van der Waals surface area (Å²) < 4.78 is 5.29. The first-order valence-electron chi connectivity index (χ1n) is 12.4. The number of benzene rings is 1. The van der Waals surface area contributed by atoms with Gasteiger partial charge in [-0.05, 0) is 37.5 Å². The number of hydrogen-bond acceptors (Lipinski definition) is 6. The molecule has 8 nitrogen and oxygen atoms in total. The van der Waals surface area contributed by atoms with Crippen LogP contribution >= 0.6 is 0 Å². The van der Waals surface area contributed by atoms with E-state index in [1.165, 1.54) is 6.08 Å². The molecule has 2 aromatic rings. The minimum absolute atomic E-state index is 0.274. The molecule has 1 saturated carbocycles. The van der Waals surface area contributed by atoms with Crippen LogP contribution in [-0.4, -0.2) is 47.2 Å². The fourth-order valence-electron chi connectivity index (χ4n) is 4.18. The van der Waals surface area contributed by atoms with Crippen molar-refractivity contribution in [2.24, 2.45) is 5.92 Å². The second kappa shape index (κ2) is 13.9. The highest BCUT2D eigenvalue weighted by molar-refractivity contribution is 5.98. The zero-order valence-electron chi connectivity index (χ0n) is 20.5. The van der Waals surface area contributed by atoms with E-state index in [1.54, 1.807) is 48.7 Å². The molecule has 0 saturated heterocycles. The smallest absolute Gasteiger partial charge is 0.311 e. The second-order valence-electron chi connectivity index (χ2n) is 8.84. The van der Waals surface area contributed by atoms with E-state index in [-0.39, 0.29) is 18.3 Å². The molecule has 0 radical (unpaired) electrons. The molecular weight excluding hydrogens is 458 g/mol. The molecule has 8 heteroatoms. The third-order valence-electron chi connectivity index (χ3n) is 6.16. The molecular formula is C28H33N3O5. The molecule has 0 bridgehead atoms. The van der Waals surface area contributed by atoms with Crippen LogP contribution in [0.2, 0.25) is 0 Å². The molecule has 36 heavy (non-hydrogen) atoms. The number of carbonyl (C=O) groups excluding carboxylic acids is 4. The molecule has 1 aliphatic rings. The summed E-state index contributed by atoms with van der Waals surface area (Å²) in [4.78, 5) is 54.6. The van der Waals surface area contributed by atoms with Gasteiger partial charge in [0.1, 0.15) is 6.04 Å². The molecule has 3 atom stereocenters. The van der Waals surface area contributed by atoms with Crippen molar-refractivity contribution in [3.63, 3.8) is 0 Å². The summed E-state index contributed by atoms with van der Waals surface area (Å²) in [7, 11) is 0. The summed E-state index contributed by atoms with van der Waals surface area (Å²) in [5, 5.41) is 5.71. The Bertz CT molecular complexity index is 1060. The van der Waals surface area contributed by atoms with Gasteiger partial charge in [-0.1, -0.05) is 62.6 Å². The number of nitrogens with one attached hydrogen (secondary N) is 2. The largest absolute Gasteiger partial charge is 0.457 e. The van der Waals surface area contributed by atoms with Gasteiger partial charge in [0, 0.05) is 23.9 Å². The van der Waals surface area contributed by atoms with Crippen molar-refractivity contribution in [1.82, 2.24) is 15.6 Å². The lowest BCUT2D eigenvalue weighted by Gasteiger charge is -2.23. The third-order valence-corrected chi connectivity index (χ3v) is 6.16. The van der Waals surface area contributed by atoms with Gasteiger partial charge in [-0.2, -0.15) is 0 Å². The van der Waals surface area contributed by atoms with Crippen LogP contribution in [0.1, 0.15) is 61.5 Å². The van der Waals surface area contributed by atoms with E-state index in [9.17, 15) is 19.2 Å². The Morgan fingerprint density at radius 2 is 1.86 bits per heavy atom. The number of amides is 2. The maximum Gasteiger partial charge on any atom is 0.311 e. The van der Waals surface area contributed by atoms with Gasteiger partial charge in [0.2, 0.25) is 11.8 Å². The number of aromatic nitrogens is 1. The average molecular weight is 492 g/mol. The summed E-state index contributed by atoms with van der Waals surface area (Å²) in [6.07, 6.45) is 8.66. The number of ether oxygens (including phenoxy) is 1. The van der Waals surface area contributed by atoms with Crippen LogP contribution in [0.25, 0.3) is 6.08 Å². The number of carbonyl (C=O) groups is 4. The number of hydrogen-bond donors (Lipinski definition) is 2. The zero-order chi connectivity index (χ0) is 25.8. The number of Topliss-reactive ketones (excluding diaryl/α,β-unsaturated/α-hetero) is 1. The van der Waals surface area contributed by atoms with Crippen LogP contribution in [0, 0.1) is 5.92 Å². The van der Waals surface area contributed by atoms with Crippen molar-refractivity contribution in [3.05, 3.63) is 72.1 Å². The van der Waals surface area contributed by atoms with Crippen molar-refractivity contribution in [3.8, 4) is 0 Å². The van der Waals surface area contributed by atoms with Crippen molar-refractivity contribution in [2.45, 2.75) is 57.5 Å². The maximum absolute atomic E-state index is 13.1. The number of unbranched alkanes of at least 4 members (excludes halogenated alkanes) is 1. The minimum atomic E-state index is -0.720. The quantitative estimate of drug-likeness (QED) is 0.267. The van der Waals surface area contributed by atoms with Gasteiger partial charge in [-0.25, -0.2) is 0 Å². The zero-order valence-corrected chi connectivity index (χ0v) is 20.5. The highest BCUT2D eigenvalue weighted by Gasteiger charge is 2.36. The van der Waals surface area contributed by atoms with E-state index in [0.717, 1.165) is 19.3 Å². The molecule has 2 N–H and O–H groups in total. The summed E-state index contributed by atoms with van der Waals surface area (Å²) in [5.74, 6) is -2.01.